The Balaban J connectivity index is 1.13. The second kappa shape index (κ2) is 27.1. The molecule has 2 aromatic heterocycles. The molecule has 0 aliphatic carbocycles. The molecule has 0 radical (unpaired) electrons. The van der Waals surface area contributed by atoms with Crippen molar-refractivity contribution in [3.05, 3.63) is 269 Å². The van der Waals surface area contributed by atoms with E-state index in [4.69, 9.17) is 28.4 Å². The standard InChI is InChI=1S/C88H74N2O12S2/c1-45(2)53-27-31-63(49(9)37-53)99-67-41-59-73-60(84(92)89(83(59)91)81(71-25-19-35-103-71)87(95)97-57-21-15-13-16-22-57)43-69(101-65-33-29-55(47(5)6)39-51(65)11)77-78-70(102-66-34-30-56(48(7)8)40-52(66)12)44-62-74-61(42-68(76(80(74)78)75(67)79(73)77)100-64-32-28-54(46(3)4)38-50(64)10)85(93)90(86(62)94)82(72-26-20-36-104-72)88(96)98-58-23-17-14-18-24-58/h13-48,81-82H,1-12H3. The number of aryl methyl sites for hydroxylation is 4. The summed E-state index contributed by atoms with van der Waals surface area (Å²) in [6, 6.07) is 50.7. The molecule has 15 rings (SSSR count). The summed E-state index contributed by atoms with van der Waals surface area (Å²) in [7, 11) is 0. The normalized spacial score (nSPS) is 13.6. The van der Waals surface area contributed by atoms with Crippen LogP contribution in [-0.4, -0.2) is 45.4 Å². The molecule has 0 bridgehead atoms. The van der Waals surface area contributed by atoms with Crippen LogP contribution in [0.15, 0.2) is 193 Å². The van der Waals surface area contributed by atoms with E-state index in [1.165, 1.54) is 22.7 Å². The second-order valence-corrected chi connectivity index (χ2v) is 30.0. The average molecular weight is 1420 g/mol. The van der Waals surface area contributed by atoms with Crippen LogP contribution in [0.25, 0.3) is 43.1 Å². The van der Waals surface area contributed by atoms with Crippen LogP contribution in [0.1, 0.15) is 187 Å². The maximum atomic E-state index is 16.6. The molecule has 2 aliphatic rings. The summed E-state index contributed by atoms with van der Waals surface area (Å²) >= 11 is 2.38. The quantitative estimate of drug-likeness (QED) is 0.0234. The predicted octanol–water partition coefficient (Wildman–Crippen LogP) is 22.6. The average Bonchev–Trinajstić information content (AvgIpc) is 0.688. The van der Waals surface area contributed by atoms with Crippen LogP contribution in [-0.2, 0) is 9.59 Å². The smallest absolute Gasteiger partial charge is 0.340 e. The molecule has 4 amide bonds. The summed E-state index contributed by atoms with van der Waals surface area (Å²) in [6.07, 6.45) is 0. The number of carbonyl (C=O) groups is 6. The fourth-order valence-corrected chi connectivity index (χ4v) is 15.9. The Kier molecular flexibility index (Phi) is 17.8. The van der Waals surface area contributed by atoms with Gasteiger partial charge >= 0.3 is 11.9 Å². The molecular formula is C88H74N2O12S2. The summed E-state index contributed by atoms with van der Waals surface area (Å²) in [5.41, 5.74) is 7.16. The van der Waals surface area contributed by atoms with Gasteiger partial charge in [0.15, 0.2) is 12.1 Å². The van der Waals surface area contributed by atoms with Gasteiger partial charge in [0.2, 0.25) is 0 Å². The Morgan fingerprint density at radius 1 is 0.308 bits per heavy atom. The number of hydrogen-bond donors (Lipinski definition) is 0. The lowest BCUT2D eigenvalue weighted by atomic mass is 9.80. The zero-order valence-electron chi connectivity index (χ0n) is 59.5. The first-order valence-electron chi connectivity index (χ1n) is 34.9. The van der Waals surface area contributed by atoms with Crippen molar-refractivity contribution in [3.63, 3.8) is 0 Å². The van der Waals surface area contributed by atoms with Gasteiger partial charge in [-0.1, -0.05) is 152 Å². The van der Waals surface area contributed by atoms with E-state index in [1.807, 2.05) is 76.2 Å². The zero-order chi connectivity index (χ0) is 72.8. The van der Waals surface area contributed by atoms with E-state index in [-0.39, 0.29) is 91.2 Å². The number of benzene rings is 11. The van der Waals surface area contributed by atoms with Crippen molar-refractivity contribution in [3.8, 4) is 57.5 Å². The Hall–Kier alpha value is -11.5. The summed E-state index contributed by atoms with van der Waals surface area (Å²) < 4.78 is 42.1. The molecule has 2 aliphatic heterocycles. The molecule has 104 heavy (non-hydrogen) atoms. The Labute approximate surface area is 610 Å². The highest BCUT2D eigenvalue weighted by Gasteiger charge is 2.48. The van der Waals surface area contributed by atoms with Gasteiger partial charge in [-0.15, -0.1) is 22.7 Å². The van der Waals surface area contributed by atoms with Crippen molar-refractivity contribution >= 4 is 101 Å². The number of carbonyl (C=O) groups excluding carboxylic acids is 6. The van der Waals surface area contributed by atoms with Crippen LogP contribution in [0.2, 0.25) is 0 Å². The van der Waals surface area contributed by atoms with Crippen molar-refractivity contribution in [1.82, 2.24) is 9.80 Å². The molecule has 2 atom stereocenters. The number of esters is 2. The largest absolute Gasteiger partial charge is 0.456 e. The van der Waals surface area contributed by atoms with Gasteiger partial charge in [0, 0.05) is 52.8 Å². The van der Waals surface area contributed by atoms with Crippen molar-refractivity contribution in [1.29, 1.82) is 0 Å². The molecule has 2 unspecified atom stereocenters. The van der Waals surface area contributed by atoms with Crippen molar-refractivity contribution < 1.29 is 57.2 Å². The van der Waals surface area contributed by atoms with Crippen LogP contribution >= 0.6 is 22.7 Å². The summed E-state index contributed by atoms with van der Waals surface area (Å²) in [5.74, 6) is -2.08. The van der Waals surface area contributed by atoms with Crippen molar-refractivity contribution in [2.45, 2.75) is 119 Å². The van der Waals surface area contributed by atoms with Gasteiger partial charge in [0.05, 0.1) is 22.3 Å². The SMILES string of the molecule is Cc1cc(C(C)C)ccc1Oc1cc2c3c(cc(Oc4ccc(C(C)C)cc4C)c4c5c(Oc6ccc(C(C)C)cc6C)cc6c7c(cc(Oc8ccc(C(C)C)cc8C)c(c1c34)c75)C(=O)N(C(C(=O)Oc1ccccc1)c1cccs1)C6=O)C(=O)N(C(C(=O)Oc1ccccc1)c1cccs1)C2=O. The van der Waals surface area contributed by atoms with Gasteiger partial charge in [0.1, 0.15) is 57.5 Å². The van der Waals surface area contributed by atoms with Crippen LogP contribution in [0, 0.1) is 27.7 Å². The van der Waals surface area contributed by atoms with Gasteiger partial charge in [-0.25, -0.2) is 9.59 Å². The van der Waals surface area contributed by atoms with Crippen molar-refractivity contribution in [2.24, 2.45) is 0 Å². The number of para-hydroxylation sites is 2. The van der Waals surface area contributed by atoms with E-state index in [2.05, 4.69) is 79.7 Å². The van der Waals surface area contributed by atoms with Crippen molar-refractivity contribution in [2.75, 3.05) is 0 Å². The number of nitrogens with zero attached hydrogens (tertiary/aromatic N) is 2. The molecule has 0 saturated heterocycles. The van der Waals surface area contributed by atoms with Gasteiger partial charge < -0.3 is 28.4 Å². The molecule has 0 saturated carbocycles. The second-order valence-electron chi connectivity index (χ2n) is 28.1. The van der Waals surface area contributed by atoms with E-state index in [0.717, 1.165) is 54.3 Å². The Morgan fingerprint density at radius 3 is 0.808 bits per heavy atom. The minimum Gasteiger partial charge on any atom is -0.456 e. The lowest BCUT2D eigenvalue weighted by Crippen LogP contribution is -2.46. The number of hydrogen-bond acceptors (Lipinski definition) is 14. The minimum atomic E-state index is -1.60. The van der Waals surface area contributed by atoms with E-state index in [1.54, 1.807) is 120 Å². The first-order chi connectivity index (χ1) is 50.0. The molecule has 14 nitrogen and oxygen atoms in total. The van der Waals surface area contributed by atoms with Crippen LogP contribution in [0.4, 0.5) is 0 Å². The monoisotopic (exact) mass is 1410 g/mol. The molecule has 4 heterocycles. The third-order valence-corrected chi connectivity index (χ3v) is 21.7. The number of fused-ring (bicyclic) bond motifs is 2. The van der Waals surface area contributed by atoms with Gasteiger partial charge in [-0.3, -0.25) is 29.0 Å². The topological polar surface area (TPSA) is 164 Å². The van der Waals surface area contributed by atoms with E-state index >= 15 is 28.8 Å². The number of amides is 4. The maximum absolute atomic E-state index is 16.6. The molecule has 0 spiro atoms. The highest BCUT2D eigenvalue weighted by Crippen LogP contribution is 2.59. The lowest BCUT2D eigenvalue weighted by Gasteiger charge is -2.35. The number of thiophene rings is 2. The summed E-state index contributed by atoms with van der Waals surface area (Å²) in [4.78, 5) is 99.4. The first-order valence-corrected chi connectivity index (χ1v) is 36.6. The molecular weight excluding hydrogens is 1340 g/mol. The Morgan fingerprint density at radius 2 is 0.577 bits per heavy atom. The number of ether oxygens (including phenoxy) is 6. The molecule has 0 fully saturated rings. The molecule has 520 valence electrons. The lowest BCUT2D eigenvalue weighted by molar-refractivity contribution is -0.139. The van der Waals surface area contributed by atoms with E-state index < -0.39 is 47.7 Å². The van der Waals surface area contributed by atoms with Gasteiger partial charge in [-0.05, 0) is 192 Å². The third kappa shape index (κ3) is 11.9. The Bertz CT molecular complexity index is 5070. The van der Waals surface area contributed by atoms with E-state index in [0.29, 0.717) is 65.1 Å². The third-order valence-electron chi connectivity index (χ3n) is 19.8. The molecule has 13 aromatic rings. The highest BCUT2D eigenvalue weighted by atomic mass is 32.1. The van der Waals surface area contributed by atoms with Crippen LogP contribution in [0.5, 0.6) is 57.5 Å². The molecule has 11 aromatic carbocycles. The molecule has 16 heteroatoms. The minimum absolute atomic E-state index is 0.00799. The van der Waals surface area contributed by atoms with E-state index in [9.17, 15) is 0 Å². The first kappa shape index (κ1) is 68.3. The fourth-order valence-electron chi connectivity index (χ4n) is 14.3. The zero-order valence-corrected chi connectivity index (χ0v) is 61.2. The fraction of sp³-hybridized carbons (Fsp3) is 0.205. The summed E-state index contributed by atoms with van der Waals surface area (Å²) in [6.45, 7) is 24.6. The van der Waals surface area contributed by atoms with Crippen LogP contribution < -0.4 is 28.4 Å². The predicted molar refractivity (Wildman–Crippen MR) is 408 cm³/mol. The highest BCUT2D eigenvalue weighted by molar-refractivity contribution is 7.10. The molecule has 0 N–H and O–H groups in total. The summed E-state index contributed by atoms with van der Waals surface area (Å²) in [5, 5.41) is 5.67. The maximum Gasteiger partial charge on any atom is 0.340 e. The van der Waals surface area contributed by atoms with Gasteiger partial charge in [-0.2, -0.15) is 0 Å². The number of rotatable bonds is 20. The van der Waals surface area contributed by atoms with Crippen LogP contribution in [0.3, 0.4) is 0 Å². The van der Waals surface area contributed by atoms with Gasteiger partial charge in [0.25, 0.3) is 23.6 Å². The number of imide groups is 2.